The lowest BCUT2D eigenvalue weighted by Crippen LogP contribution is -2.22. The molecular weight excluding hydrogens is 220 g/mol. The van der Waals surface area contributed by atoms with Crippen LogP contribution in [0.4, 0.5) is 0 Å². The fraction of sp³-hybridized carbons (Fsp3) is 0.412. The fourth-order valence-corrected chi connectivity index (χ4v) is 3.36. The van der Waals surface area contributed by atoms with Crippen LogP contribution in [0.25, 0.3) is 16.7 Å². The number of benzene rings is 1. The second-order valence-electron chi connectivity index (χ2n) is 5.65. The van der Waals surface area contributed by atoms with Crippen molar-refractivity contribution in [2.75, 3.05) is 6.61 Å². The van der Waals surface area contributed by atoms with Crippen molar-refractivity contribution in [2.24, 2.45) is 0 Å². The van der Waals surface area contributed by atoms with E-state index in [0.29, 0.717) is 0 Å². The van der Waals surface area contributed by atoms with Gasteiger partial charge >= 0.3 is 0 Å². The Labute approximate surface area is 108 Å². The van der Waals surface area contributed by atoms with E-state index in [9.17, 15) is 0 Å². The van der Waals surface area contributed by atoms with Gasteiger partial charge in [0.2, 0.25) is 0 Å². The van der Waals surface area contributed by atoms with Crippen molar-refractivity contribution in [2.45, 2.75) is 41.5 Å². The van der Waals surface area contributed by atoms with Crippen molar-refractivity contribution >= 4 is 16.7 Å². The molecule has 0 saturated carbocycles. The number of rotatable bonds is 0. The molecule has 1 nitrogen and oxygen atoms in total. The van der Waals surface area contributed by atoms with Gasteiger partial charge in [0.1, 0.15) is 12.4 Å². The SMILES string of the molecule is CC1=C(C)c2c3c(c(C)c(C)c2=C1C)=C(C)CO3. The minimum absolute atomic E-state index is 0.747. The highest BCUT2D eigenvalue weighted by atomic mass is 16.5. The van der Waals surface area contributed by atoms with E-state index in [2.05, 4.69) is 41.5 Å². The van der Waals surface area contributed by atoms with Crippen LogP contribution in [0.15, 0.2) is 5.57 Å². The standard InChI is InChI=1S/C17H20O/c1-8-7-18-17-14(8)12(5)13(6)15-10(3)9(2)11(4)16(15)17/h7H2,1-6H3. The number of ether oxygens (including phenoxy) is 1. The number of fused-ring (bicyclic) bond motifs is 3. The molecule has 0 saturated heterocycles. The van der Waals surface area contributed by atoms with Crippen LogP contribution in [0, 0.1) is 13.8 Å². The van der Waals surface area contributed by atoms with Gasteiger partial charge in [-0.2, -0.15) is 0 Å². The number of allylic oxidation sites excluding steroid dienone is 2. The van der Waals surface area contributed by atoms with Crippen LogP contribution in [-0.4, -0.2) is 6.61 Å². The molecule has 0 spiro atoms. The van der Waals surface area contributed by atoms with Gasteiger partial charge in [-0.1, -0.05) is 0 Å². The molecule has 1 aliphatic carbocycles. The fourth-order valence-electron chi connectivity index (χ4n) is 3.36. The van der Waals surface area contributed by atoms with E-state index in [4.69, 9.17) is 4.74 Å². The van der Waals surface area contributed by atoms with E-state index in [1.807, 2.05) is 0 Å². The molecule has 1 aliphatic heterocycles. The third-order valence-electron chi connectivity index (χ3n) is 4.75. The third kappa shape index (κ3) is 1.17. The molecule has 0 amide bonds. The summed E-state index contributed by atoms with van der Waals surface area (Å²) in [6.07, 6.45) is 0. The zero-order valence-corrected chi connectivity index (χ0v) is 12.1. The smallest absolute Gasteiger partial charge is 0.135 e. The van der Waals surface area contributed by atoms with Crippen LogP contribution in [0.1, 0.15) is 44.4 Å². The first-order valence-corrected chi connectivity index (χ1v) is 6.60. The average molecular weight is 240 g/mol. The van der Waals surface area contributed by atoms with E-state index in [0.717, 1.165) is 12.4 Å². The number of hydrogen-bond donors (Lipinski definition) is 0. The van der Waals surface area contributed by atoms with Crippen molar-refractivity contribution in [3.05, 3.63) is 32.7 Å². The summed E-state index contributed by atoms with van der Waals surface area (Å²) < 4.78 is 5.97. The summed E-state index contributed by atoms with van der Waals surface area (Å²) >= 11 is 0. The Hall–Kier alpha value is -1.50. The Morgan fingerprint density at radius 3 is 2.00 bits per heavy atom. The van der Waals surface area contributed by atoms with Crippen LogP contribution in [-0.2, 0) is 0 Å². The Balaban J connectivity index is 2.62. The van der Waals surface area contributed by atoms with E-state index in [1.165, 1.54) is 49.4 Å². The van der Waals surface area contributed by atoms with Gasteiger partial charge in [0.25, 0.3) is 0 Å². The molecule has 0 aromatic heterocycles. The van der Waals surface area contributed by atoms with Gasteiger partial charge in [-0.05, 0) is 80.2 Å². The Kier molecular flexibility index (Phi) is 2.25. The summed E-state index contributed by atoms with van der Waals surface area (Å²) in [7, 11) is 0. The predicted octanol–water partition coefficient (Wildman–Crippen LogP) is 2.84. The molecule has 18 heavy (non-hydrogen) atoms. The third-order valence-corrected chi connectivity index (χ3v) is 4.75. The molecule has 2 aliphatic rings. The maximum Gasteiger partial charge on any atom is 0.135 e. The molecule has 1 heterocycles. The highest BCUT2D eigenvalue weighted by molar-refractivity contribution is 5.91. The van der Waals surface area contributed by atoms with Crippen molar-refractivity contribution in [3.8, 4) is 5.75 Å². The Morgan fingerprint density at radius 1 is 0.722 bits per heavy atom. The first kappa shape index (κ1) is 11.6. The monoisotopic (exact) mass is 240 g/mol. The molecular formula is C17H20O. The summed E-state index contributed by atoms with van der Waals surface area (Å²) in [6.45, 7) is 14.1. The zero-order chi connectivity index (χ0) is 13.2. The van der Waals surface area contributed by atoms with Gasteiger partial charge in [-0.25, -0.2) is 0 Å². The molecule has 1 aromatic rings. The predicted molar refractivity (Wildman–Crippen MR) is 77.1 cm³/mol. The lowest BCUT2D eigenvalue weighted by atomic mass is 9.96. The maximum absolute atomic E-state index is 5.97. The molecule has 0 fully saturated rings. The van der Waals surface area contributed by atoms with Gasteiger partial charge in [-0.15, -0.1) is 0 Å². The van der Waals surface area contributed by atoms with Gasteiger partial charge in [0.05, 0.1) is 0 Å². The zero-order valence-electron chi connectivity index (χ0n) is 12.1. The second kappa shape index (κ2) is 3.50. The summed E-state index contributed by atoms with van der Waals surface area (Å²) in [5, 5.41) is 2.77. The summed E-state index contributed by atoms with van der Waals surface area (Å²) in [4.78, 5) is 0. The average Bonchev–Trinajstić information content (AvgIpc) is 2.81. The molecule has 1 heteroatoms. The summed E-state index contributed by atoms with van der Waals surface area (Å²) in [5.41, 5.74) is 9.73. The molecule has 0 unspecified atom stereocenters. The summed E-state index contributed by atoms with van der Waals surface area (Å²) in [5.74, 6) is 1.12. The highest BCUT2D eigenvalue weighted by Crippen LogP contribution is 2.34. The lowest BCUT2D eigenvalue weighted by molar-refractivity contribution is 0.379. The molecule has 1 aromatic carbocycles. The maximum atomic E-state index is 5.97. The van der Waals surface area contributed by atoms with Gasteiger partial charge < -0.3 is 4.74 Å². The van der Waals surface area contributed by atoms with Crippen LogP contribution in [0.5, 0.6) is 5.75 Å². The normalized spacial score (nSPS) is 17.2. The minimum Gasteiger partial charge on any atom is -0.488 e. The van der Waals surface area contributed by atoms with Gasteiger partial charge in [0, 0.05) is 10.8 Å². The first-order valence-electron chi connectivity index (χ1n) is 6.60. The largest absolute Gasteiger partial charge is 0.488 e. The molecule has 3 rings (SSSR count). The van der Waals surface area contributed by atoms with E-state index < -0.39 is 0 Å². The van der Waals surface area contributed by atoms with Crippen LogP contribution in [0.3, 0.4) is 0 Å². The molecule has 0 N–H and O–H groups in total. The minimum atomic E-state index is 0.747. The quantitative estimate of drug-likeness (QED) is 0.677. The van der Waals surface area contributed by atoms with Crippen molar-refractivity contribution in [1.82, 2.24) is 0 Å². The van der Waals surface area contributed by atoms with E-state index in [-0.39, 0.29) is 0 Å². The highest BCUT2D eigenvalue weighted by Gasteiger charge is 2.25. The van der Waals surface area contributed by atoms with E-state index >= 15 is 0 Å². The van der Waals surface area contributed by atoms with Crippen molar-refractivity contribution in [1.29, 1.82) is 0 Å². The molecule has 94 valence electrons. The van der Waals surface area contributed by atoms with Crippen LogP contribution >= 0.6 is 0 Å². The second-order valence-corrected chi connectivity index (χ2v) is 5.65. The lowest BCUT2D eigenvalue weighted by Gasteiger charge is -2.11. The van der Waals surface area contributed by atoms with Crippen LogP contribution < -0.4 is 15.2 Å². The van der Waals surface area contributed by atoms with Crippen molar-refractivity contribution < 1.29 is 4.74 Å². The summed E-state index contributed by atoms with van der Waals surface area (Å²) in [6, 6.07) is 0. The molecule has 0 atom stereocenters. The molecule has 0 radical (unpaired) electrons. The molecule has 0 bridgehead atoms. The Bertz CT molecular complexity index is 730. The van der Waals surface area contributed by atoms with Crippen molar-refractivity contribution in [3.63, 3.8) is 0 Å². The van der Waals surface area contributed by atoms with Gasteiger partial charge in [0.15, 0.2) is 0 Å². The number of hydrogen-bond acceptors (Lipinski definition) is 1. The first-order chi connectivity index (χ1) is 8.45. The van der Waals surface area contributed by atoms with Gasteiger partial charge in [-0.3, -0.25) is 0 Å². The van der Waals surface area contributed by atoms with E-state index in [1.54, 1.807) is 0 Å². The Morgan fingerprint density at radius 2 is 1.33 bits per heavy atom. The topological polar surface area (TPSA) is 9.23 Å². The van der Waals surface area contributed by atoms with Crippen LogP contribution in [0.2, 0.25) is 0 Å².